The Morgan fingerprint density at radius 3 is 1.17 bits per heavy atom. The van der Waals surface area contributed by atoms with E-state index in [1.807, 2.05) is 12.1 Å². The van der Waals surface area contributed by atoms with E-state index in [-0.39, 0.29) is 39.7 Å². The Hall–Kier alpha value is -0.594. The molecule has 30 heavy (non-hydrogen) atoms. The van der Waals surface area contributed by atoms with Gasteiger partial charge in [0.25, 0.3) is 0 Å². The fourth-order valence-corrected chi connectivity index (χ4v) is 2.87. The van der Waals surface area contributed by atoms with E-state index in [0.29, 0.717) is 0 Å². The van der Waals surface area contributed by atoms with Crippen molar-refractivity contribution >= 4 is 48.1 Å². The molecule has 2 aliphatic carbocycles. The standard InChI is InChI=1S/2C12H11.2CH3.2ClH.GeH2.Zr/c2*1-10-7-8-12(9-10)11-5-3-2-4-6-11;;;;;;/h2*2-6,9H,8H2,1H3;2*1H3;2*1H;1H2;/q4*-1;;;;. The van der Waals surface area contributed by atoms with Crippen LogP contribution in [0.5, 0.6) is 0 Å². The van der Waals surface area contributed by atoms with Crippen LogP contribution in [-0.2, 0) is 21.6 Å². The SMILES string of the molecule is CC1=[C-]CC(c2ccccc2)=C1.CC1=[C-]CC(c2ccccc2)=C1.Cl.Cl.[CH3-].[CH3-].[GeH2]=[Zr]. The Morgan fingerprint density at radius 2 is 0.933 bits per heavy atom. The summed E-state index contributed by atoms with van der Waals surface area (Å²) < 4.78 is 0. The van der Waals surface area contributed by atoms with E-state index < -0.39 is 0 Å². The Kier molecular flexibility index (Phi) is 21.7. The number of hydrogen-bond acceptors (Lipinski definition) is 0. The Bertz CT molecular complexity index is 766. The second-order valence-electron chi connectivity index (χ2n) is 6.14. The summed E-state index contributed by atoms with van der Waals surface area (Å²) in [5.41, 5.74) is 7.92. The molecule has 0 amide bonds. The Morgan fingerprint density at radius 1 is 0.633 bits per heavy atom. The maximum atomic E-state index is 3.29. The second-order valence-corrected chi connectivity index (χ2v) is 6.14. The molecule has 0 bridgehead atoms. The molecule has 0 nitrogen and oxygen atoms in total. The van der Waals surface area contributed by atoms with Crippen molar-refractivity contribution in [3.8, 4) is 0 Å². The molecule has 0 saturated carbocycles. The van der Waals surface area contributed by atoms with Crippen molar-refractivity contribution in [1.29, 1.82) is 0 Å². The molecule has 162 valence electrons. The van der Waals surface area contributed by atoms with E-state index in [1.54, 1.807) is 21.6 Å². The molecule has 0 aliphatic heterocycles. The van der Waals surface area contributed by atoms with Gasteiger partial charge in [-0.05, 0) is 11.1 Å². The number of rotatable bonds is 2. The number of allylic oxidation sites excluding steroid dienone is 8. The number of benzene rings is 2. The zero-order valence-corrected chi connectivity index (χ0v) is 25.4. The van der Waals surface area contributed by atoms with Crippen molar-refractivity contribution in [3.63, 3.8) is 0 Å². The van der Waals surface area contributed by atoms with Gasteiger partial charge in [-0.3, -0.25) is 12.2 Å². The summed E-state index contributed by atoms with van der Waals surface area (Å²) in [5, 5.41) is 0. The predicted molar refractivity (Wildman–Crippen MR) is 139 cm³/mol. The summed E-state index contributed by atoms with van der Waals surface area (Å²) in [7, 11) is 0. The molecule has 2 aromatic rings. The molecule has 2 aromatic carbocycles. The normalized spacial score (nSPS) is 12.7. The molecular weight excluding hydrogens is 547 g/mol. The van der Waals surface area contributed by atoms with E-state index in [1.165, 1.54) is 45.6 Å². The van der Waals surface area contributed by atoms with Crippen LogP contribution in [0.25, 0.3) is 11.1 Å². The van der Waals surface area contributed by atoms with Crippen LogP contribution < -0.4 is 0 Å². The molecule has 0 N–H and O–H groups in total. The third kappa shape index (κ3) is 11.1. The topological polar surface area (TPSA) is 0 Å². The summed E-state index contributed by atoms with van der Waals surface area (Å²) in [5.74, 6) is 0. The van der Waals surface area contributed by atoms with Gasteiger partial charge in [-0.2, -0.15) is 0 Å². The fourth-order valence-electron chi connectivity index (χ4n) is 2.87. The van der Waals surface area contributed by atoms with Gasteiger partial charge < -0.3 is 14.9 Å². The van der Waals surface area contributed by atoms with Crippen LogP contribution in [0.4, 0.5) is 0 Å². The summed E-state index contributed by atoms with van der Waals surface area (Å²) in [6.45, 7) is 4.19. The first-order valence-corrected chi connectivity index (χ1v) is 19.3. The van der Waals surface area contributed by atoms with Gasteiger partial charge in [-0.1, -0.05) is 74.5 Å². The van der Waals surface area contributed by atoms with Gasteiger partial charge in [0.05, 0.1) is 0 Å². The van der Waals surface area contributed by atoms with Gasteiger partial charge in [0.1, 0.15) is 0 Å². The molecule has 0 radical (unpaired) electrons. The average molecular weight is 579 g/mol. The van der Waals surface area contributed by atoms with Gasteiger partial charge in [0, 0.05) is 0 Å². The average Bonchev–Trinajstić information content (AvgIpc) is 3.34. The first-order valence-electron chi connectivity index (χ1n) is 8.74. The van der Waals surface area contributed by atoms with Gasteiger partial charge in [-0.25, -0.2) is 23.3 Å². The molecule has 0 heterocycles. The van der Waals surface area contributed by atoms with Crippen LogP contribution in [0.15, 0.2) is 84.0 Å². The molecule has 4 rings (SSSR count). The third-order valence-electron chi connectivity index (χ3n) is 4.19. The summed E-state index contributed by atoms with van der Waals surface area (Å²) in [4.78, 5) is 0. The van der Waals surface area contributed by atoms with Gasteiger partial charge in [-0.15, -0.1) is 48.8 Å². The molecule has 0 spiro atoms. The van der Waals surface area contributed by atoms with Crippen molar-refractivity contribution in [2.75, 3.05) is 0 Å². The summed E-state index contributed by atoms with van der Waals surface area (Å²) in [6, 6.07) is 21.0. The molecule has 0 atom stereocenters. The first kappa shape index (κ1) is 34.0. The second kappa shape index (κ2) is 19.1. The molecule has 4 heteroatoms. The van der Waals surface area contributed by atoms with Crippen LogP contribution in [0, 0.1) is 27.0 Å². The van der Waals surface area contributed by atoms with Crippen LogP contribution in [0.1, 0.15) is 37.8 Å². The molecule has 2 aliphatic rings. The van der Waals surface area contributed by atoms with Crippen LogP contribution in [0.3, 0.4) is 0 Å². The minimum atomic E-state index is 0. The predicted octanol–water partition coefficient (Wildman–Crippen LogP) is 7.27. The molecule has 0 fully saturated rings. The van der Waals surface area contributed by atoms with Crippen molar-refractivity contribution in [3.05, 3.63) is 122 Å². The maximum absolute atomic E-state index is 3.29. The van der Waals surface area contributed by atoms with E-state index in [4.69, 9.17) is 0 Å². The zero-order chi connectivity index (χ0) is 18.8. The van der Waals surface area contributed by atoms with Crippen LogP contribution in [-0.4, -0.2) is 12.1 Å². The number of halogens is 2. The van der Waals surface area contributed by atoms with Gasteiger partial charge >= 0.3 is 33.7 Å². The number of hydrogen-bond donors (Lipinski definition) is 0. The molecule has 0 aromatic heterocycles. The monoisotopic (exact) mass is 578 g/mol. The minimum absolute atomic E-state index is 0. The van der Waals surface area contributed by atoms with Crippen molar-refractivity contribution in [2.45, 2.75) is 26.7 Å². The van der Waals surface area contributed by atoms with Crippen LogP contribution in [0.2, 0.25) is 0 Å². The Balaban J connectivity index is -0.000000400. The van der Waals surface area contributed by atoms with Gasteiger partial charge in [0.2, 0.25) is 0 Å². The zero-order valence-electron chi connectivity index (χ0n) is 18.4. The van der Waals surface area contributed by atoms with E-state index in [2.05, 4.69) is 86.7 Å². The summed E-state index contributed by atoms with van der Waals surface area (Å²) >= 11 is 3.14. The third-order valence-corrected chi connectivity index (χ3v) is 4.19. The van der Waals surface area contributed by atoms with Crippen molar-refractivity contribution < 1.29 is 21.6 Å². The van der Waals surface area contributed by atoms with E-state index >= 15 is 0 Å². The van der Waals surface area contributed by atoms with Crippen molar-refractivity contribution in [1.82, 2.24) is 0 Å². The fraction of sp³-hybridized carbons (Fsp3) is 0.154. The van der Waals surface area contributed by atoms with E-state index in [0.717, 1.165) is 12.8 Å². The van der Waals surface area contributed by atoms with Crippen LogP contribution >= 0.6 is 24.8 Å². The molecule has 0 unspecified atom stereocenters. The quantitative estimate of drug-likeness (QED) is 0.260. The molecule has 0 saturated heterocycles. The van der Waals surface area contributed by atoms with Gasteiger partial charge in [0.15, 0.2) is 0 Å². The molecular formula is C26H32Cl2GeZr-4. The Labute approximate surface area is 216 Å². The van der Waals surface area contributed by atoms with E-state index in [9.17, 15) is 0 Å². The summed E-state index contributed by atoms with van der Waals surface area (Å²) in [6.07, 6.45) is 12.9. The van der Waals surface area contributed by atoms with Crippen molar-refractivity contribution in [2.24, 2.45) is 0 Å². The first-order chi connectivity index (χ1) is 12.7.